The zero-order chi connectivity index (χ0) is 15.3. The average molecular weight is 338 g/mol. The molecule has 1 rings (SSSR count). The van der Waals surface area contributed by atoms with E-state index in [0.717, 1.165) is 23.2 Å². The molecule has 1 aromatic carbocycles. The number of amides is 1. The summed E-state index contributed by atoms with van der Waals surface area (Å²) in [7, 11) is 0. The Kier molecular flexibility index (Phi) is 6.44. The third kappa shape index (κ3) is 5.39. The zero-order valence-corrected chi connectivity index (χ0v) is 14.0. The van der Waals surface area contributed by atoms with Gasteiger partial charge in [-0.15, -0.1) is 0 Å². The monoisotopic (exact) mass is 336 g/mol. The number of rotatable bonds is 5. The summed E-state index contributed by atoms with van der Waals surface area (Å²) in [4.78, 5) is 11.7. The van der Waals surface area contributed by atoms with Crippen LogP contribution in [0.25, 0.3) is 0 Å². The number of aryl methyl sites for hydroxylation is 2. The molecule has 1 atom stereocenters. The van der Waals surface area contributed by atoms with Crippen LogP contribution in [-0.4, -0.2) is 15.9 Å². The Bertz CT molecular complexity index is 472. The van der Waals surface area contributed by atoms with Gasteiger partial charge in [-0.3, -0.25) is 4.79 Å². The van der Waals surface area contributed by atoms with Crippen LogP contribution in [0.1, 0.15) is 30.9 Å². The van der Waals surface area contributed by atoms with Crippen molar-refractivity contribution in [2.45, 2.75) is 43.6 Å². The summed E-state index contributed by atoms with van der Waals surface area (Å²) in [5.41, 5.74) is 2.93. The van der Waals surface area contributed by atoms with E-state index in [4.69, 9.17) is 34.8 Å². The second-order valence-corrected chi connectivity index (χ2v) is 7.12. The summed E-state index contributed by atoms with van der Waals surface area (Å²) in [6.45, 7) is 5.84. The molecule has 0 saturated heterocycles. The number of benzene rings is 1. The largest absolute Gasteiger partial charge is 0.362 e. The quantitative estimate of drug-likeness (QED) is 0.620. The maximum absolute atomic E-state index is 11.7. The fourth-order valence-electron chi connectivity index (χ4n) is 1.71. The summed E-state index contributed by atoms with van der Waals surface area (Å²) >= 11 is 17.8. The fraction of sp³-hybridized carbons (Fsp3) is 0.500. The van der Waals surface area contributed by atoms with Crippen LogP contribution in [0.5, 0.6) is 0 Å². The average Bonchev–Trinajstić information content (AvgIpc) is 2.32. The predicted octanol–water partition coefficient (Wildman–Crippen LogP) is 4.33. The SMILES string of the molecule is CCCC(=O)N[C@H](Nc1cc(C)ccc1C)C(Cl)(Cl)Cl. The lowest BCUT2D eigenvalue weighted by Crippen LogP contribution is -2.49. The molecule has 6 heteroatoms. The van der Waals surface area contributed by atoms with E-state index in [1.54, 1.807) is 0 Å². The highest BCUT2D eigenvalue weighted by Gasteiger charge is 2.34. The van der Waals surface area contributed by atoms with E-state index in [2.05, 4.69) is 10.6 Å². The molecule has 0 aromatic heterocycles. The van der Waals surface area contributed by atoms with Gasteiger partial charge in [-0.1, -0.05) is 53.9 Å². The van der Waals surface area contributed by atoms with Crippen molar-refractivity contribution >= 4 is 46.4 Å². The summed E-state index contributed by atoms with van der Waals surface area (Å²) in [5.74, 6) is -0.151. The van der Waals surface area contributed by atoms with Gasteiger partial charge in [-0.05, 0) is 37.5 Å². The molecule has 0 spiro atoms. The third-order valence-electron chi connectivity index (χ3n) is 2.80. The van der Waals surface area contributed by atoms with Crippen molar-refractivity contribution in [2.24, 2.45) is 0 Å². The molecule has 3 nitrogen and oxygen atoms in total. The number of alkyl halides is 3. The molecule has 0 aliphatic heterocycles. The summed E-state index contributed by atoms with van der Waals surface area (Å²) in [6, 6.07) is 5.92. The highest BCUT2D eigenvalue weighted by atomic mass is 35.6. The van der Waals surface area contributed by atoms with Crippen molar-refractivity contribution in [3.05, 3.63) is 29.3 Å². The minimum Gasteiger partial charge on any atom is -0.362 e. The van der Waals surface area contributed by atoms with Gasteiger partial charge in [0.1, 0.15) is 6.17 Å². The van der Waals surface area contributed by atoms with Crippen LogP contribution in [0, 0.1) is 13.8 Å². The van der Waals surface area contributed by atoms with Gasteiger partial charge in [0.25, 0.3) is 0 Å². The highest BCUT2D eigenvalue weighted by Crippen LogP contribution is 2.32. The first kappa shape index (κ1) is 17.4. The molecule has 1 amide bonds. The third-order valence-corrected chi connectivity index (χ3v) is 3.46. The predicted molar refractivity (Wildman–Crippen MR) is 86.7 cm³/mol. The van der Waals surface area contributed by atoms with Crippen molar-refractivity contribution in [1.29, 1.82) is 0 Å². The lowest BCUT2D eigenvalue weighted by Gasteiger charge is -2.28. The molecule has 112 valence electrons. The highest BCUT2D eigenvalue weighted by molar-refractivity contribution is 6.68. The lowest BCUT2D eigenvalue weighted by atomic mass is 10.1. The molecule has 0 heterocycles. The molecule has 2 N–H and O–H groups in total. The van der Waals surface area contributed by atoms with Crippen LogP contribution < -0.4 is 10.6 Å². The van der Waals surface area contributed by atoms with Gasteiger partial charge in [-0.25, -0.2) is 0 Å². The van der Waals surface area contributed by atoms with Gasteiger partial charge in [-0.2, -0.15) is 0 Å². The number of carbonyl (C=O) groups is 1. The molecular weight excluding hydrogens is 319 g/mol. The maximum atomic E-state index is 11.7. The Hall–Kier alpha value is -0.640. The smallest absolute Gasteiger partial charge is 0.228 e. The zero-order valence-electron chi connectivity index (χ0n) is 11.8. The summed E-state index contributed by atoms with van der Waals surface area (Å²) in [5, 5.41) is 5.80. The van der Waals surface area contributed by atoms with Crippen molar-refractivity contribution in [3.63, 3.8) is 0 Å². The van der Waals surface area contributed by atoms with Crippen LogP contribution in [-0.2, 0) is 4.79 Å². The van der Waals surface area contributed by atoms with Crippen molar-refractivity contribution in [1.82, 2.24) is 5.32 Å². The van der Waals surface area contributed by atoms with E-state index in [-0.39, 0.29) is 5.91 Å². The molecular formula is C14H19Cl3N2O. The second-order valence-electron chi connectivity index (χ2n) is 4.75. The number of hydrogen-bond donors (Lipinski definition) is 2. The Morgan fingerprint density at radius 2 is 1.95 bits per heavy atom. The molecule has 0 radical (unpaired) electrons. The number of hydrogen-bond acceptors (Lipinski definition) is 2. The maximum Gasteiger partial charge on any atom is 0.228 e. The van der Waals surface area contributed by atoms with Crippen LogP contribution >= 0.6 is 34.8 Å². The van der Waals surface area contributed by atoms with Crippen molar-refractivity contribution < 1.29 is 4.79 Å². The van der Waals surface area contributed by atoms with E-state index in [1.807, 2.05) is 39.0 Å². The molecule has 0 unspecified atom stereocenters. The molecule has 0 fully saturated rings. The Morgan fingerprint density at radius 1 is 1.30 bits per heavy atom. The summed E-state index contributed by atoms with van der Waals surface area (Å²) < 4.78 is -1.64. The molecule has 0 aliphatic carbocycles. The molecule has 0 saturated carbocycles. The molecule has 0 aliphatic rings. The van der Waals surface area contributed by atoms with Crippen LogP contribution in [0.15, 0.2) is 18.2 Å². The number of halogens is 3. The van der Waals surface area contributed by atoms with E-state index >= 15 is 0 Å². The standard InChI is InChI=1S/C14H19Cl3N2O/c1-4-5-12(20)19-13(14(15,16)17)18-11-8-9(2)6-7-10(11)3/h6-8,13,18H,4-5H2,1-3H3,(H,19,20)/t13-/m0/s1. The molecule has 1 aromatic rings. The lowest BCUT2D eigenvalue weighted by molar-refractivity contribution is -0.121. The van der Waals surface area contributed by atoms with Crippen LogP contribution in [0.3, 0.4) is 0 Å². The van der Waals surface area contributed by atoms with E-state index in [0.29, 0.717) is 6.42 Å². The Balaban J connectivity index is 2.90. The number of nitrogens with one attached hydrogen (secondary N) is 2. The van der Waals surface area contributed by atoms with E-state index in [9.17, 15) is 4.79 Å². The van der Waals surface area contributed by atoms with Gasteiger partial charge in [0.2, 0.25) is 9.70 Å². The molecule has 0 bridgehead atoms. The van der Waals surface area contributed by atoms with Crippen molar-refractivity contribution in [3.8, 4) is 0 Å². The molecule has 20 heavy (non-hydrogen) atoms. The van der Waals surface area contributed by atoms with Gasteiger partial charge < -0.3 is 10.6 Å². The first-order valence-corrected chi connectivity index (χ1v) is 7.57. The fourth-order valence-corrected chi connectivity index (χ4v) is 2.03. The number of anilines is 1. The van der Waals surface area contributed by atoms with Gasteiger partial charge in [0.15, 0.2) is 0 Å². The first-order valence-electron chi connectivity index (χ1n) is 6.44. The minimum absolute atomic E-state index is 0.151. The van der Waals surface area contributed by atoms with Gasteiger partial charge in [0.05, 0.1) is 0 Å². The Labute approximate surface area is 135 Å². The second kappa shape index (κ2) is 7.39. The normalized spacial score (nSPS) is 12.9. The van der Waals surface area contributed by atoms with Gasteiger partial charge >= 0.3 is 0 Å². The summed E-state index contributed by atoms with van der Waals surface area (Å²) in [6.07, 6.45) is 0.347. The van der Waals surface area contributed by atoms with Crippen molar-refractivity contribution in [2.75, 3.05) is 5.32 Å². The number of carbonyl (C=O) groups excluding carboxylic acids is 1. The van der Waals surface area contributed by atoms with E-state index in [1.165, 1.54) is 0 Å². The van der Waals surface area contributed by atoms with Crippen LogP contribution in [0.4, 0.5) is 5.69 Å². The first-order chi connectivity index (χ1) is 9.24. The Morgan fingerprint density at radius 3 is 2.50 bits per heavy atom. The van der Waals surface area contributed by atoms with Crippen LogP contribution in [0.2, 0.25) is 0 Å². The van der Waals surface area contributed by atoms with E-state index < -0.39 is 9.96 Å². The minimum atomic E-state index is -1.64. The topological polar surface area (TPSA) is 41.1 Å². The van der Waals surface area contributed by atoms with Gasteiger partial charge in [0, 0.05) is 12.1 Å².